The van der Waals surface area contributed by atoms with E-state index >= 15 is 0 Å². The Morgan fingerprint density at radius 2 is 1.43 bits per heavy atom. The normalized spacial score (nSPS) is 10.6. The van der Waals surface area contributed by atoms with Crippen LogP contribution in [0.25, 0.3) is 0 Å². The van der Waals surface area contributed by atoms with E-state index < -0.39 is 11.9 Å². The summed E-state index contributed by atoms with van der Waals surface area (Å²) in [6.45, 7) is 1.94. The van der Waals surface area contributed by atoms with Crippen molar-refractivity contribution in [3.63, 3.8) is 0 Å². The Kier molecular flexibility index (Phi) is 8.18. The molecular weight excluding hydrogens is 466 g/mol. The van der Waals surface area contributed by atoms with Gasteiger partial charge in [0.2, 0.25) is 5.91 Å². The van der Waals surface area contributed by atoms with Crippen molar-refractivity contribution in [1.29, 1.82) is 0 Å². The maximum absolute atomic E-state index is 12.5. The van der Waals surface area contributed by atoms with Gasteiger partial charge >= 0.3 is 5.97 Å². The first-order chi connectivity index (χ1) is 18.0. The zero-order valence-electron chi connectivity index (χ0n) is 20.2. The highest BCUT2D eigenvalue weighted by Crippen LogP contribution is 2.18. The van der Waals surface area contributed by atoms with Gasteiger partial charge < -0.3 is 10.1 Å². The molecule has 4 aromatic rings. The summed E-state index contributed by atoms with van der Waals surface area (Å²) in [6, 6.07) is 29.9. The van der Waals surface area contributed by atoms with Crippen molar-refractivity contribution in [2.45, 2.75) is 13.3 Å². The zero-order chi connectivity index (χ0) is 26.0. The number of benzene rings is 4. The minimum atomic E-state index is -0.485. The van der Waals surface area contributed by atoms with E-state index in [0.29, 0.717) is 28.1 Å². The number of para-hydroxylation sites is 1. The number of carbonyl (C=O) groups is 3. The molecule has 4 rings (SSSR count). The van der Waals surface area contributed by atoms with Crippen LogP contribution >= 0.6 is 0 Å². The number of anilines is 1. The average Bonchev–Trinajstić information content (AvgIpc) is 2.91. The second kappa shape index (κ2) is 12.1. The topological polar surface area (TPSA) is 96.9 Å². The summed E-state index contributed by atoms with van der Waals surface area (Å²) in [5.41, 5.74) is 6.35. The first-order valence-electron chi connectivity index (χ1n) is 11.6. The molecule has 0 spiro atoms. The van der Waals surface area contributed by atoms with Crippen molar-refractivity contribution in [1.82, 2.24) is 5.43 Å². The number of rotatable bonds is 8. The molecule has 0 aliphatic rings. The fourth-order valence-corrected chi connectivity index (χ4v) is 3.44. The predicted molar refractivity (Wildman–Crippen MR) is 143 cm³/mol. The van der Waals surface area contributed by atoms with E-state index in [0.717, 1.165) is 11.1 Å². The molecule has 0 aliphatic carbocycles. The summed E-state index contributed by atoms with van der Waals surface area (Å²) in [7, 11) is 0. The Morgan fingerprint density at radius 1 is 0.784 bits per heavy atom. The van der Waals surface area contributed by atoms with Gasteiger partial charge in [-0.15, -0.1) is 0 Å². The Balaban J connectivity index is 1.32. The van der Waals surface area contributed by atoms with Crippen LogP contribution in [0.15, 0.2) is 108 Å². The summed E-state index contributed by atoms with van der Waals surface area (Å²) in [5.74, 6) is -0.732. The van der Waals surface area contributed by atoms with Crippen LogP contribution in [0.5, 0.6) is 5.75 Å². The van der Waals surface area contributed by atoms with E-state index in [1.807, 2.05) is 49.4 Å². The third-order valence-electron chi connectivity index (χ3n) is 5.42. The molecule has 0 aliphatic heterocycles. The lowest BCUT2D eigenvalue weighted by Crippen LogP contribution is -2.18. The monoisotopic (exact) mass is 491 g/mol. The fourth-order valence-electron chi connectivity index (χ4n) is 3.44. The van der Waals surface area contributed by atoms with Crippen molar-refractivity contribution >= 4 is 29.7 Å². The minimum Gasteiger partial charge on any atom is -0.422 e. The molecule has 0 radical (unpaired) electrons. The first kappa shape index (κ1) is 25.1. The molecule has 2 amide bonds. The number of nitrogens with zero attached hydrogens (tertiary/aromatic N) is 1. The standard InChI is InChI=1S/C30H25N3O4/c1-21-11-13-24(14-12-21)30(36)37-27-10-6-5-9-25(27)20-31-33-29(35)23-15-17-26(18-16-23)32-28(34)19-22-7-3-2-4-8-22/h2-18,20H,19H2,1H3,(H,32,34)(H,33,35)/b31-20-. The summed E-state index contributed by atoms with van der Waals surface area (Å²) < 4.78 is 5.52. The molecular formula is C30H25N3O4. The maximum Gasteiger partial charge on any atom is 0.343 e. The highest BCUT2D eigenvalue weighted by atomic mass is 16.5. The van der Waals surface area contributed by atoms with Gasteiger partial charge in [0.15, 0.2) is 0 Å². The summed E-state index contributed by atoms with van der Waals surface area (Å²) in [5, 5.41) is 6.82. The van der Waals surface area contributed by atoms with E-state index in [2.05, 4.69) is 15.8 Å². The van der Waals surface area contributed by atoms with Crippen LogP contribution in [0.1, 0.15) is 37.4 Å². The van der Waals surface area contributed by atoms with Crippen molar-refractivity contribution in [2.24, 2.45) is 5.10 Å². The Labute approximate surface area is 214 Å². The molecule has 7 heteroatoms. The highest BCUT2D eigenvalue weighted by molar-refractivity contribution is 5.97. The van der Waals surface area contributed by atoms with Gasteiger partial charge in [-0.1, -0.05) is 60.2 Å². The predicted octanol–water partition coefficient (Wildman–Crippen LogP) is 5.16. The van der Waals surface area contributed by atoms with E-state index in [4.69, 9.17) is 4.74 Å². The molecule has 2 N–H and O–H groups in total. The van der Waals surface area contributed by atoms with Crippen LogP contribution < -0.4 is 15.5 Å². The van der Waals surface area contributed by atoms with E-state index in [-0.39, 0.29) is 12.3 Å². The summed E-state index contributed by atoms with van der Waals surface area (Å²) in [6.07, 6.45) is 1.67. The van der Waals surface area contributed by atoms with Crippen LogP contribution in [0.4, 0.5) is 5.69 Å². The number of carbonyl (C=O) groups excluding carboxylic acids is 3. The molecule has 0 fully saturated rings. The van der Waals surface area contributed by atoms with Gasteiger partial charge in [0.1, 0.15) is 5.75 Å². The van der Waals surface area contributed by atoms with Gasteiger partial charge in [0.25, 0.3) is 5.91 Å². The molecule has 7 nitrogen and oxygen atoms in total. The SMILES string of the molecule is Cc1ccc(C(=O)Oc2ccccc2/C=N\NC(=O)c2ccc(NC(=O)Cc3ccccc3)cc2)cc1. The van der Waals surface area contributed by atoms with Crippen LogP contribution in [0, 0.1) is 6.92 Å². The fraction of sp³-hybridized carbons (Fsp3) is 0.0667. The van der Waals surface area contributed by atoms with Gasteiger partial charge in [-0.3, -0.25) is 9.59 Å². The lowest BCUT2D eigenvalue weighted by atomic mass is 10.1. The van der Waals surface area contributed by atoms with E-state index in [1.165, 1.54) is 6.21 Å². The number of hydrogen-bond donors (Lipinski definition) is 2. The van der Waals surface area contributed by atoms with Crippen LogP contribution in [0.2, 0.25) is 0 Å². The molecule has 37 heavy (non-hydrogen) atoms. The number of esters is 1. The van der Waals surface area contributed by atoms with Crippen molar-refractivity contribution in [3.05, 3.63) is 131 Å². The average molecular weight is 492 g/mol. The number of nitrogens with one attached hydrogen (secondary N) is 2. The molecule has 0 bridgehead atoms. The van der Waals surface area contributed by atoms with Gasteiger partial charge in [0, 0.05) is 16.8 Å². The van der Waals surface area contributed by atoms with Crippen LogP contribution in [-0.4, -0.2) is 24.0 Å². The zero-order valence-corrected chi connectivity index (χ0v) is 20.2. The van der Waals surface area contributed by atoms with E-state index in [1.54, 1.807) is 60.7 Å². The summed E-state index contributed by atoms with van der Waals surface area (Å²) in [4.78, 5) is 37.2. The molecule has 0 unspecified atom stereocenters. The second-order valence-corrected chi connectivity index (χ2v) is 8.28. The molecule has 0 saturated carbocycles. The molecule has 0 heterocycles. The lowest BCUT2D eigenvalue weighted by molar-refractivity contribution is -0.115. The van der Waals surface area contributed by atoms with Crippen molar-refractivity contribution in [2.75, 3.05) is 5.32 Å². The number of hydrogen-bond acceptors (Lipinski definition) is 5. The van der Waals surface area contributed by atoms with Crippen molar-refractivity contribution < 1.29 is 19.1 Å². The number of ether oxygens (including phenoxy) is 1. The Bertz CT molecular complexity index is 1410. The Morgan fingerprint density at radius 3 is 2.16 bits per heavy atom. The largest absolute Gasteiger partial charge is 0.422 e. The van der Waals surface area contributed by atoms with Gasteiger partial charge in [-0.25, -0.2) is 10.2 Å². The molecule has 184 valence electrons. The van der Waals surface area contributed by atoms with Crippen molar-refractivity contribution in [3.8, 4) is 5.75 Å². The van der Waals surface area contributed by atoms with Crippen LogP contribution in [0.3, 0.4) is 0 Å². The number of amides is 2. The minimum absolute atomic E-state index is 0.144. The van der Waals surface area contributed by atoms with E-state index in [9.17, 15) is 14.4 Å². The third-order valence-corrected chi connectivity index (χ3v) is 5.42. The molecule has 0 saturated heterocycles. The Hall–Kier alpha value is -5.04. The maximum atomic E-state index is 12.5. The smallest absolute Gasteiger partial charge is 0.343 e. The molecule has 0 aromatic heterocycles. The van der Waals surface area contributed by atoms with Crippen LogP contribution in [-0.2, 0) is 11.2 Å². The molecule has 0 atom stereocenters. The number of hydrazone groups is 1. The number of aryl methyl sites for hydroxylation is 1. The first-order valence-corrected chi connectivity index (χ1v) is 11.6. The van der Waals surface area contributed by atoms with Gasteiger partial charge in [-0.2, -0.15) is 5.10 Å². The second-order valence-electron chi connectivity index (χ2n) is 8.28. The van der Waals surface area contributed by atoms with Gasteiger partial charge in [0.05, 0.1) is 18.2 Å². The van der Waals surface area contributed by atoms with Gasteiger partial charge in [-0.05, 0) is 61.0 Å². The lowest BCUT2D eigenvalue weighted by Gasteiger charge is -2.08. The summed E-state index contributed by atoms with van der Waals surface area (Å²) >= 11 is 0. The highest BCUT2D eigenvalue weighted by Gasteiger charge is 2.11. The quantitative estimate of drug-likeness (QED) is 0.154. The molecule has 4 aromatic carbocycles. The third kappa shape index (κ3) is 7.22.